The highest BCUT2D eigenvalue weighted by Gasteiger charge is 2.06. The number of ketones is 1. The van der Waals surface area contributed by atoms with Gasteiger partial charge in [0.2, 0.25) is 5.88 Å². The van der Waals surface area contributed by atoms with Gasteiger partial charge in [0.05, 0.1) is 17.4 Å². The third kappa shape index (κ3) is 4.35. The summed E-state index contributed by atoms with van der Waals surface area (Å²) in [7, 11) is 3.98. The van der Waals surface area contributed by atoms with Crippen LogP contribution in [-0.4, -0.2) is 47.9 Å². The molecular formula is C15H23N3O2. The first-order valence-corrected chi connectivity index (χ1v) is 6.83. The molecule has 1 N–H and O–H groups in total. The van der Waals surface area contributed by atoms with E-state index in [4.69, 9.17) is 4.74 Å². The van der Waals surface area contributed by atoms with Crippen molar-refractivity contribution in [3.63, 3.8) is 0 Å². The van der Waals surface area contributed by atoms with Crippen molar-refractivity contribution in [1.29, 1.82) is 0 Å². The number of rotatable bonds is 5. The van der Waals surface area contributed by atoms with Crippen molar-refractivity contribution in [3.05, 3.63) is 24.0 Å². The van der Waals surface area contributed by atoms with Crippen molar-refractivity contribution in [2.24, 2.45) is 0 Å². The molecule has 110 valence electrons. The highest BCUT2D eigenvalue weighted by molar-refractivity contribution is 5.97. The number of nitrogens with one attached hydrogen (secondary N) is 1. The number of hydrogen-bond acceptors (Lipinski definition) is 4. The zero-order valence-electron chi connectivity index (χ0n) is 12.9. The molecule has 0 aliphatic rings. The normalized spacial score (nSPS) is 10.3. The fourth-order valence-electron chi connectivity index (χ4n) is 1.61. The van der Waals surface area contributed by atoms with E-state index in [1.54, 1.807) is 6.20 Å². The van der Waals surface area contributed by atoms with E-state index in [-0.39, 0.29) is 5.78 Å². The fraction of sp³-hybridized carbons (Fsp3) is 0.467. The second-order valence-electron chi connectivity index (χ2n) is 4.50. The van der Waals surface area contributed by atoms with Gasteiger partial charge in [-0.3, -0.25) is 4.79 Å². The zero-order valence-corrected chi connectivity index (χ0v) is 12.9. The van der Waals surface area contributed by atoms with Gasteiger partial charge in [0.1, 0.15) is 6.61 Å². The Kier molecular flexibility index (Phi) is 6.18. The molecule has 0 atom stereocenters. The zero-order chi connectivity index (χ0) is 15.1. The number of pyridine rings is 1. The van der Waals surface area contributed by atoms with E-state index in [0.29, 0.717) is 18.2 Å². The first-order valence-electron chi connectivity index (χ1n) is 6.83. The van der Waals surface area contributed by atoms with Gasteiger partial charge in [-0.25, -0.2) is 4.98 Å². The summed E-state index contributed by atoms with van der Waals surface area (Å²) in [5.74, 6) is 0.597. The van der Waals surface area contributed by atoms with Gasteiger partial charge in [0.25, 0.3) is 0 Å². The molecule has 0 saturated carbocycles. The molecular weight excluding hydrogens is 254 g/mol. The lowest BCUT2D eigenvalue weighted by Crippen LogP contribution is -2.19. The summed E-state index contributed by atoms with van der Waals surface area (Å²) in [6.45, 7) is 6.97. The van der Waals surface area contributed by atoms with Crippen LogP contribution in [0.1, 0.15) is 31.3 Å². The molecule has 0 aliphatic heterocycles. The molecule has 2 aromatic rings. The lowest BCUT2D eigenvalue weighted by molar-refractivity contribution is 0.101. The topological polar surface area (TPSA) is 58.2 Å². The summed E-state index contributed by atoms with van der Waals surface area (Å²) >= 11 is 0. The van der Waals surface area contributed by atoms with Crippen LogP contribution in [0.3, 0.4) is 0 Å². The van der Waals surface area contributed by atoms with Crippen LogP contribution < -0.4 is 4.74 Å². The van der Waals surface area contributed by atoms with Crippen LogP contribution in [0.4, 0.5) is 0 Å². The summed E-state index contributed by atoms with van der Waals surface area (Å²) in [5.41, 5.74) is 1.44. The highest BCUT2D eigenvalue weighted by Crippen LogP contribution is 2.19. The SMILES string of the molecule is CC.CC(=O)c1cc2cc(OCCN(C)C)ncc2[nH]1. The van der Waals surface area contributed by atoms with Gasteiger partial charge in [-0.05, 0) is 20.2 Å². The Balaban J connectivity index is 0.000000956. The first-order chi connectivity index (χ1) is 9.56. The Bertz CT molecular complexity index is 561. The molecule has 0 spiro atoms. The maximum absolute atomic E-state index is 11.3. The average molecular weight is 277 g/mol. The third-order valence-corrected chi connectivity index (χ3v) is 2.65. The van der Waals surface area contributed by atoms with E-state index >= 15 is 0 Å². The number of nitrogens with zero attached hydrogens (tertiary/aromatic N) is 2. The summed E-state index contributed by atoms with van der Waals surface area (Å²) in [4.78, 5) is 20.5. The van der Waals surface area contributed by atoms with Gasteiger partial charge in [-0.15, -0.1) is 0 Å². The van der Waals surface area contributed by atoms with Crippen LogP contribution in [0.2, 0.25) is 0 Å². The van der Waals surface area contributed by atoms with Crippen LogP contribution in [0, 0.1) is 0 Å². The number of Topliss-reactive ketones (excluding diaryl/α,β-unsaturated/α-hetero) is 1. The van der Waals surface area contributed by atoms with E-state index < -0.39 is 0 Å². The van der Waals surface area contributed by atoms with E-state index in [9.17, 15) is 4.79 Å². The maximum atomic E-state index is 11.3. The molecule has 0 aromatic carbocycles. The van der Waals surface area contributed by atoms with Gasteiger partial charge in [-0.1, -0.05) is 13.8 Å². The summed E-state index contributed by atoms with van der Waals surface area (Å²) in [6.07, 6.45) is 1.69. The highest BCUT2D eigenvalue weighted by atomic mass is 16.5. The monoisotopic (exact) mass is 277 g/mol. The molecule has 20 heavy (non-hydrogen) atoms. The van der Waals surface area contributed by atoms with Gasteiger partial charge in [-0.2, -0.15) is 0 Å². The Morgan fingerprint density at radius 2 is 2.05 bits per heavy atom. The molecule has 0 saturated heterocycles. The van der Waals surface area contributed by atoms with E-state index in [1.165, 1.54) is 6.92 Å². The van der Waals surface area contributed by atoms with Crippen molar-refractivity contribution in [3.8, 4) is 5.88 Å². The standard InChI is InChI=1S/C13H17N3O2.C2H6/c1-9(17)11-6-10-7-13(14-8-12(10)15-11)18-5-4-16(2)3;1-2/h6-8,15H,4-5H2,1-3H3;1-2H3. The van der Waals surface area contributed by atoms with E-state index in [2.05, 4.69) is 9.97 Å². The second-order valence-corrected chi connectivity index (χ2v) is 4.50. The fourth-order valence-corrected chi connectivity index (χ4v) is 1.61. The van der Waals surface area contributed by atoms with Crippen LogP contribution in [0.5, 0.6) is 5.88 Å². The van der Waals surface area contributed by atoms with Crippen molar-refractivity contribution in [2.75, 3.05) is 27.2 Å². The molecule has 0 radical (unpaired) electrons. The van der Waals surface area contributed by atoms with Crippen LogP contribution >= 0.6 is 0 Å². The number of ether oxygens (including phenoxy) is 1. The molecule has 5 heteroatoms. The molecule has 0 fully saturated rings. The van der Waals surface area contributed by atoms with E-state index in [0.717, 1.165) is 17.4 Å². The predicted octanol–water partition coefficient (Wildman–Crippen LogP) is 2.73. The summed E-state index contributed by atoms with van der Waals surface area (Å²) < 4.78 is 5.54. The Morgan fingerprint density at radius 3 is 2.65 bits per heavy atom. The molecule has 0 bridgehead atoms. The van der Waals surface area contributed by atoms with Gasteiger partial charge in [0.15, 0.2) is 5.78 Å². The number of hydrogen-bond donors (Lipinski definition) is 1. The molecule has 2 heterocycles. The third-order valence-electron chi connectivity index (χ3n) is 2.65. The van der Waals surface area contributed by atoms with Gasteiger partial charge >= 0.3 is 0 Å². The second kappa shape index (κ2) is 7.65. The van der Waals surface area contributed by atoms with Crippen molar-refractivity contribution < 1.29 is 9.53 Å². The number of likely N-dealkylation sites (N-methyl/N-ethyl adjacent to an activating group) is 1. The summed E-state index contributed by atoms with van der Waals surface area (Å²) in [5, 5.41) is 0.940. The van der Waals surface area contributed by atoms with Crippen LogP contribution in [-0.2, 0) is 0 Å². The number of carbonyl (C=O) groups excluding carboxylic acids is 1. The minimum atomic E-state index is 0.0151. The van der Waals surface area contributed by atoms with Gasteiger partial charge in [0, 0.05) is 24.9 Å². The molecule has 2 aromatic heterocycles. The number of aromatic amines is 1. The average Bonchev–Trinajstić information content (AvgIpc) is 2.84. The maximum Gasteiger partial charge on any atom is 0.213 e. The molecule has 0 aliphatic carbocycles. The minimum absolute atomic E-state index is 0.0151. The van der Waals surface area contributed by atoms with Crippen molar-refractivity contribution in [2.45, 2.75) is 20.8 Å². The van der Waals surface area contributed by atoms with E-state index in [1.807, 2.05) is 45.0 Å². The largest absolute Gasteiger partial charge is 0.476 e. The Morgan fingerprint density at radius 1 is 1.35 bits per heavy atom. The number of carbonyl (C=O) groups is 1. The Labute approximate surface area is 120 Å². The number of aromatic nitrogens is 2. The minimum Gasteiger partial charge on any atom is -0.476 e. The van der Waals surface area contributed by atoms with Crippen LogP contribution in [0.25, 0.3) is 10.9 Å². The molecule has 0 amide bonds. The number of fused-ring (bicyclic) bond motifs is 1. The lowest BCUT2D eigenvalue weighted by Gasteiger charge is -2.10. The first kappa shape index (κ1) is 16.2. The van der Waals surface area contributed by atoms with Gasteiger partial charge < -0.3 is 14.6 Å². The predicted molar refractivity (Wildman–Crippen MR) is 81.5 cm³/mol. The molecule has 2 rings (SSSR count). The van der Waals surface area contributed by atoms with Crippen molar-refractivity contribution in [1.82, 2.24) is 14.9 Å². The molecule has 5 nitrogen and oxygen atoms in total. The lowest BCUT2D eigenvalue weighted by atomic mass is 10.3. The smallest absolute Gasteiger partial charge is 0.213 e. The van der Waals surface area contributed by atoms with Crippen molar-refractivity contribution >= 4 is 16.7 Å². The quantitative estimate of drug-likeness (QED) is 0.854. The summed E-state index contributed by atoms with van der Waals surface area (Å²) in [6, 6.07) is 3.66. The van der Waals surface area contributed by atoms with Crippen LogP contribution in [0.15, 0.2) is 18.3 Å². The molecule has 0 unspecified atom stereocenters. The Hall–Kier alpha value is -1.88. The number of H-pyrrole nitrogens is 1.